The van der Waals surface area contributed by atoms with Gasteiger partial charge in [-0.15, -0.1) is 0 Å². The molecule has 0 aromatic carbocycles. The van der Waals surface area contributed by atoms with Crippen LogP contribution in [0.25, 0.3) is 0 Å². The van der Waals surface area contributed by atoms with E-state index in [1.165, 1.54) is 57.8 Å². The third-order valence-corrected chi connectivity index (χ3v) is 3.95. The largest absolute Gasteiger partial charge is 0.481 e. The van der Waals surface area contributed by atoms with Crippen molar-refractivity contribution in [1.29, 1.82) is 0 Å². The molecule has 4 heteroatoms. The molecule has 0 aliphatic rings. The molecule has 134 valence electrons. The lowest BCUT2D eigenvalue weighted by Gasteiger charge is -2.02. The maximum atomic E-state index is 10.3. The van der Waals surface area contributed by atoms with Gasteiger partial charge in [0, 0.05) is 12.8 Å². The molecule has 0 heterocycles. The van der Waals surface area contributed by atoms with Crippen molar-refractivity contribution in [2.24, 2.45) is 0 Å². The Morgan fingerprint density at radius 1 is 0.522 bits per heavy atom. The zero-order chi connectivity index (χ0) is 17.2. The summed E-state index contributed by atoms with van der Waals surface area (Å²) in [5, 5.41) is 17.0. The molecule has 0 rings (SSSR count). The number of carboxylic acid groups (broad SMARTS) is 2. The number of carboxylic acids is 2. The molecule has 0 amide bonds. The Hall–Kier alpha value is -1.32. The van der Waals surface area contributed by atoms with Crippen molar-refractivity contribution < 1.29 is 19.8 Å². The van der Waals surface area contributed by atoms with Gasteiger partial charge in [-0.2, -0.15) is 0 Å². The van der Waals surface area contributed by atoms with Gasteiger partial charge in [0.15, 0.2) is 0 Å². The van der Waals surface area contributed by atoms with Crippen LogP contribution in [-0.2, 0) is 9.59 Å². The smallest absolute Gasteiger partial charge is 0.303 e. The molecule has 0 spiro atoms. The van der Waals surface area contributed by atoms with Crippen LogP contribution in [0.4, 0.5) is 0 Å². The van der Waals surface area contributed by atoms with Crippen LogP contribution in [0.15, 0.2) is 12.2 Å². The lowest BCUT2D eigenvalue weighted by atomic mass is 10.0. The molecule has 2 N–H and O–H groups in total. The van der Waals surface area contributed by atoms with Crippen LogP contribution in [0, 0.1) is 0 Å². The topological polar surface area (TPSA) is 74.6 Å². The van der Waals surface area contributed by atoms with E-state index in [2.05, 4.69) is 6.08 Å². The highest BCUT2D eigenvalue weighted by molar-refractivity contribution is 5.66. The van der Waals surface area contributed by atoms with E-state index < -0.39 is 11.9 Å². The van der Waals surface area contributed by atoms with E-state index in [9.17, 15) is 9.59 Å². The van der Waals surface area contributed by atoms with Crippen molar-refractivity contribution in [3.63, 3.8) is 0 Å². The van der Waals surface area contributed by atoms with Crippen LogP contribution in [0.2, 0.25) is 0 Å². The standard InChI is InChI=1S/C19H34O4/c20-18(21)16-14-12-10-8-6-4-2-1-3-5-7-9-11-13-15-17-19(22)23/h10,12H,1-9,11,13-17H2,(H,20,21)(H,22,23)/b12-10+. The summed E-state index contributed by atoms with van der Waals surface area (Å²) in [5.74, 6) is -1.41. The minimum atomic E-state index is -0.727. The highest BCUT2D eigenvalue weighted by Gasteiger charge is 1.97. The molecule has 0 unspecified atom stereocenters. The summed E-state index contributed by atoms with van der Waals surface area (Å²) in [6.07, 6.45) is 19.6. The number of rotatable bonds is 17. The Kier molecular flexibility index (Phi) is 16.1. The Bertz CT molecular complexity index is 323. The maximum Gasteiger partial charge on any atom is 0.303 e. The minimum Gasteiger partial charge on any atom is -0.481 e. The molecule has 0 aliphatic carbocycles. The highest BCUT2D eigenvalue weighted by atomic mass is 16.4. The summed E-state index contributed by atoms with van der Waals surface area (Å²) >= 11 is 0. The van der Waals surface area contributed by atoms with Gasteiger partial charge in [0.05, 0.1) is 0 Å². The summed E-state index contributed by atoms with van der Waals surface area (Å²) in [4.78, 5) is 20.7. The fourth-order valence-corrected chi connectivity index (χ4v) is 2.57. The second-order valence-corrected chi connectivity index (χ2v) is 6.23. The van der Waals surface area contributed by atoms with Crippen molar-refractivity contribution >= 4 is 11.9 Å². The predicted molar refractivity (Wildman–Crippen MR) is 93.7 cm³/mol. The number of hydrogen-bond acceptors (Lipinski definition) is 2. The summed E-state index contributed by atoms with van der Waals surface area (Å²) in [6, 6.07) is 0. The Balaban J connectivity index is 3.08. The zero-order valence-electron chi connectivity index (χ0n) is 14.5. The first-order valence-electron chi connectivity index (χ1n) is 9.21. The average molecular weight is 326 g/mol. The zero-order valence-corrected chi connectivity index (χ0v) is 14.5. The number of allylic oxidation sites excluding steroid dienone is 2. The lowest BCUT2D eigenvalue weighted by Crippen LogP contribution is -1.93. The van der Waals surface area contributed by atoms with Crippen molar-refractivity contribution in [3.8, 4) is 0 Å². The summed E-state index contributed by atoms with van der Waals surface area (Å²) in [5.41, 5.74) is 0. The SMILES string of the molecule is O=C(O)CC/C=C/CCCCCCCCCCCCCC(=O)O. The second-order valence-electron chi connectivity index (χ2n) is 6.23. The molecular formula is C19H34O4. The number of hydrogen-bond donors (Lipinski definition) is 2. The molecule has 0 fully saturated rings. The third-order valence-electron chi connectivity index (χ3n) is 3.95. The summed E-state index contributed by atoms with van der Waals surface area (Å²) in [7, 11) is 0. The van der Waals surface area contributed by atoms with Gasteiger partial charge < -0.3 is 10.2 Å². The average Bonchev–Trinajstić information content (AvgIpc) is 2.49. The molecular weight excluding hydrogens is 292 g/mol. The molecule has 23 heavy (non-hydrogen) atoms. The van der Waals surface area contributed by atoms with E-state index >= 15 is 0 Å². The molecule has 0 saturated carbocycles. The molecule has 0 radical (unpaired) electrons. The number of unbranched alkanes of at least 4 members (excludes halogenated alkanes) is 11. The minimum absolute atomic E-state index is 0.232. The first-order chi connectivity index (χ1) is 11.1. The Morgan fingerprint density at radius 3 is 1.39 bits per heavy atom. The van der Waals surface area contributed by atoms with Crippen molar-refractivity contribution in [3.05, 3.63) is 12.2 Å². The molecule has 0 saturated heterocycles. The molecule has 0 atom stereocenters. The Labute approximate surface area is 141 Å². The number of carbonyl (C=O) groups is 2. The van der Waals surface area contributed by atoms with Gasteiger partial charge in [0.2, 0.25) is 0 Å². The van der Waals surface area contributed by atoms with Crippen molar-refractivity contribution in [1.82, 2.24) is 0 Å². The van der Waals surface area contributed by atoms with Gasteiger partial charge >= 0.3 is 11.9 Å². The fourth-order valence-electron chi connectivity index (χ4n) is 2.57. The molecule has 0 bridgehead atoms. The van der Waals surface area contributed by atoms with E-state index in [1.807, 2.05) is 6.08 Å². The molecule has 0 aliphatic heterocycles. The van der Waals surface area contributed by atoms with E-state index in [0.29, 0.717) is 12.8 Å². The van der Waals surface area contributed by atoms with E-state index in [0.717, 1.165) is 19.3 Å². The van der Waals surface area contributed by atoms with Gasteiger partial charge in [-0.3, -0.25) is 9.59 Å². The Morgan fingerprint density at radius 2 is 0.913 bits per heavy atom. The first kappa shape index (κ1) is 21.7. The second kappa shape index (κ2) is 17.0. The monoisotopic (exact) mass is 326 g/mol. The van der Waals surface area contributed by atoms with Gasteiger partial charge in [-0.05, 0) is 25.7 Å². The lowest BCUT2D eigenvalue weighted by molar-refractivity contribution is -0.138. The summed E-state index contributed by atoms with van der Waals surface area (Å²) < 4.78 is 0. The van der Waals surface area contributed by atoms with Crippen molar-refractivity contribution in [2.75, 3.05) is 0 Å². The third kappa shape index (κ3) is 20.7. The highest BCUT2D eigenvalue weighted by Crippen LogP contribution is 2.12. The van der Waals surface area contributed by atoms with Gasteiger partial charge in [0.1, 0.15) is 0 Å². The van der Waals surface area contributed by atoms with Crippen molar-refractivity contribution in [2.45, 2.75) is 96.3 Å². The van der Waals surface area contributed by atoms with Crippen LogP contribution >= 0.6 is 0 Å². The van der Waals surface area contributed by atoms with E-state index in [1.54, 1.807) is 0 Å². The molecule has 4 nitrogen and oxygen atoms in total. The van der Waals surface area contributed by atoms with Crippen LogP contribution in [0.1, 0.15) is 96.3 Å². The normalized spacial score (nSPS) is 11.1. The van der Waals surface area contributed by atoms with Crippen LogP contribution in [-0.4, -0.2) is 22.2 Å². The number of aliphatic carboxylic acids is 2. The van der Waals surface area contributed by atoms with Gasteiger partial charge in [0.25, 0.3) is 0 Å². The van der Waals surface area contributed by atoms with Gasteiger partial charge in [-0.25, -0.2) is 0 Å². The van der Waals surface area contributed by atoms with E-state index in [-0.39, 0.29) is 6.42 Å². The maximum absolute atomic E-state index is 10.3. The van der Waals surface area contributed by atoms with E-state index in [4.69, 9.17) is 10.2 Å². The fraction of sp³-hybridized carbons (Fsp3) is 0.789. The van der Waals surface area contributed by atoms with Crippen LogP contribution < -0.4 is 0 Å². The molecule has 0 aromatic rings. The quantitative estimate of drug-likeness (QED) is 0.271. The van der Waals surface area contributed by atoms with Crippen LogP contribution in [0.3, 0.4) is 0 Å². The molecule has 0 aromatic heterocycles. The summed E-state index contributed by atoms with van der Waals surface area (Å²) in [6.45, 7) is 0. The van der Waals surface area contributed by atoms with Crippen LogP contribution in [0.5, 0.6) is 0 Å². The predicted octanol–water partition coefficient (Wildman–Crippen LogP) is 5.56. The first-order valence-corrected chi connectivity index (χ1v) is 9.21. The van der Waals surface area contributed by atoms with Gasteiger partial charge in [-0.1, -0.05) is 69.9 Å².